The molecule has 0 unspecified atom stereocenters. The molecule has 1 aliphatic heterocycles. The highest BCUT2D eigenvalue weighted by atomic mass is 32.2. The number of carbonyl (C=O) groups is 1. The smallest absolute Gasteiger partial charge is 0.223 e. The van der Waals surface area contributed by atoms with Gasteiger partial charge in [-0.25, -0.2) is 4.39 Å². The van der Waals surface area contributed by atoms with Crippen molar-refractivity contribution in [3.63, 3.8) is 0 Å². The van der Waals surface area contributed by atoms with E-state index in [0.29, 0.717) is 0 Å². The predicted octanol–water partition coefficient (Wildman–Crippen LogP) is 4.29. The fraction of sp³-hybridized carbons (Fsp3) is 0.476. The van der Waals surface area contributed by atoms with E-state index in [1.807, 2.05) is 18.2 Å². The molecule has 0 atom stereocenters. The van der Waals surface area contributed by atoms with Gasteiger partial charge < -0.3 is 10.2 Å². The van der Waals surface area contributed by atoms with Crippen molar-refractivity contribution >= 4 is 23.5 Å². The third kappa shape index (κ3) is 5.92. The molecule has 1 N–H and O–H groups in total. The number of rotatable bonds is 8. The molecule has 1 aromatic heterocycles. The Morgan fingerprint density at radius 1 is 1.21 bits per heavy atom. The number of anilines is 1. The lowest BCUT2D eigenvalue weighted by molar-refractivity contribution is -0.125. The molecule has 2 heterocycles. The Kier molecular flexibility index (Phi) is 7.65. The van der Waals surface area contributed by atoms with Gasteiger partial charge in [0.05, 0.1) is 0 Å². The number of piperidine rings is 1. The van der Waals surface area contributed by atoms with Gasteiger partial charge in [-0.05, 0) is 49.6 Å². The molecule has 1 amide bonds. The second-order valence-corrected chi connectivity index (χ2v) is 8.14. The summed E-state index contributed by atoms with van der Waals surface area (Å²) in [5, 5.41) is 12.4. The molecule has 1 fully saturated rings. The normalized spacial score (nSPS) is 14.9. The quantitative estimate of drug-likeness (QED) is 0.668. The lowest BCUT2D eigenvalue weighted by Gasteiger charge is -2.31. The van der Waals surface area contributed by atoms with E-state index < -0.39 is 0 Å². The first kappa shape index (κ1) is 20.6. The summed E-state index contributed by atoms with van der Waals surface area (Å²) >= 11 is 1.39. The number of hydrogen-bond acceptors (Lipinski definition) is 5. The Hall–Kier alpha value is -2.15. The Bertz CT molecular complexity index is 763. The highest BCUT2D eigenvalue weighted by Crippen LogP contribution is 2.27. The predicted molar refractivity (Wildman–Crippen MR) is 110 cm³/mol. The molecule has 1 aliphatic rings. The van der Waals surface area contributed by atoms with Crippen LogP contribution in [0.2, 0.25) is 0 Å². The number of carbonyl (C=O) groups excluding carboxylic acids is 1. The maximum atomic E-state index is 13.3. The van der Waals surface area contributed by atoms with Crippen LogP contribution in [0.5, 0.6) is 0 Å². The van der Waals surface area contributed by atoms with Crippen LogP contribution >= 0.6 is 11.8 Å². The molecule has 0 aliphatic carbocycles. The number of nitrogens with one attached hydrogen (secondary N) is 1. The van der Waals surface area contributed by atoms with Crippen LogP contribution in [0, 0.1) is 11.7 Å². The van der Waals surface area contributed by atoms with E-state index in [9.17, 15) is 9.18 Å². The van der Waals surface area contributed by atoms with Gasteiger partial charge in [0.1, 0.15) is 10.8 Å². The molecule has 28 heavy (non-hydrogen) atoms. The molecule has 0 saturated carbocycles. The van der Waals surface area contributed by atoms with Crippen molar-refractivity contribution in [1.29, 1.82) is 0 Å². The topological polar surface area (TPSA) is 58.1 Å². The van der Waals surface area contributed by atoms with Crippen LogP contribution in [0.4, 0.5) is 10.2 Å². The minimum Gasteiger partial charge on any atom is -0.356 e. The minimum atomic E-state index is -0.258. The Balaban J connectivity index is 1.47. The molecule has 150 valence electrons. The van der Waals surface area contributed by atoms with Crippen LogP contribution in [-0.4, -0.2) is 35.7 Å². The summed E-state index contributed by atoms with van der Waals surface area (Å²) in [6.07, 6.45) is 5.04. The van der Waals surface area contributed by atoms with Gasteiger partial charge in [-0.15, -0.1) is 10.2 Å². The lowest BCUT2D eigenvalue weighted by Crippen LogP contribution is -2.41. The summed E-state index contributed by atoms with van der Waals surface area (Å²) in [5.74, 6) is 0.842. The van der Waals surface area contributed by atoms with Gasteiger partial charge in [0, 0.05) is 30.4 Å². The van der Waals surface area contributed by atoms with Crippen molar-refractivity contribution in [1.82, 2.24) is 15.5 Å². The second kappa shape index (κ2) is 10.4. The van der Waals surface area contributed by atoms with Crippen LogP contribution in [0.15, 0.2) is 46.3 Å². The number of halogens is 1. The molecule has 1 saturated heterocycles. The van der Waals surface area contributed by atoms with Crippen LogP contribution in [-0.2, 0) is 4.79 Å². The van der Waals surface area contributed by atoms with Crippen molar-refractivity contribution < 1.29 is 9.18 Å². The highest BCUT2D eigenvalue weighted by molar-refractivity contribution is 7.99. The highest BCUT2D eigenvalue weighted by Gasteiger charge is 2.25. The third-order valence-corrected chi connectivity index (χ3v) is 5.83. The maximum Gasteiger partial charge on any atom is 0.223 e. The molecule has 0 bridgehead atoms. The van der Waals surface area contributed by atoms with E-state index in [1.54, 1.807) is 6.07 Å². The second-order valence-electron chi connectivity index (χ2n) is 7.05. The van der Waals surface area contributed by atoms with Crippen molar-refractivity contribution in [2.45, 2.75) is 48.9 Å². The molecule has 2 aromatic rings. The van der Waals surface area contributed by atoms with Crippen molar-refractivity contribution in [3.8, 4) is 0 Å². The number of benzene rings is 1. The fourth-order valence-electron chi connectivity index (χ4n) is 3.29. The Labute approximate surface area is 170 Å². The average Bonchev–Trinajstić information content (AvgIpc) is 2.72. The SMILES string of the molecule is CCCCCNC(=O)C1CCN(c2ccc(Sc3cccc(F)c3)nn2)CC1. The van der Waals surface area contributed by atoms with Crippen molar-refractivity contribution in [2.75, 3.05) is 24.5 Å². The molecule has 3 rings (SSSR count). The standard InChI is InChI=1S/C21H27FN4OS/c1-2-3-4-12-23-21(27)16-10-13-26(14-11-16)19-8-9-20(25-24-19)28-18-7-5-6-17(22)15-18/h5-9,15-16H,2-4,10-14H2,1H3,(H,23,27). The summed E-state index contributed by atoms with van der Waals surface area (Å²) in [7, 11) is 0. The molecule has 5 nitrogen and oxygen atoms in total. The molecular weight excluding hydrogens is 375 g/mol. The van der Waals surface area contributed by atoms with E-state index in [0.717, 1.165) is 67.5 Å². The zero-order chi connectivity index (χ0) is 19.8. The van der Waals surface area contributed by atoms with Gasteiger partial charge in [0.2, 0.25) is 5.91 Å². The number of nitrogens with zero attached hydrogens (tertiary/aromatic N) is 3. The average molecular weight is 403 g/mol. The first-order valence-corrected chi connectivity index (χ1v) is 10.8. The molecule has 0 radical (unpaired) electrons. The summed E-state index contributed by atoms with van der Waals surface area (Å²) in [5.41, 5.74) is 0. The molecule has 7 heteroatoms. The van der Waals surface area contributed by atoms with E-state index in [4.69, 9.17) is 0 Å². The largest absolute Gasteiger partial charge is 0.356 e. The maximum absolute atomic E-state index is 13.3. The van der Waals surface area contributed by atoms with Gasteiger partial charge in [-0.3, -0.25) is 4.79 Å². The number of hydrogen-bond donors (Lipinski definition) is 1. The Morgan fingerprint density at radius 3 is 2.71 bits per heavy atom. The monoisotopic (exact) mass is 402 g/mol. The van der Waals surface area contributed by atoms with Crippen molar-refractivity contribution in [2.24, 2.45) is 5.92 Å². The number of aromatic nitrogens is 2. The summed E-state index contributed by atoms with van der Waals surface area (Å²) in [4.78, 5) is 15.2. The van der Waals surface area contributed by atoms with Crippen LogP contribution in [0.1, 0.15) is 39.0 Å². The minimum absolute atomic E-state index is 0.0913. The zero-order valence-electron chi connectivity index (χ0n) is 16.2. The van der Waals surface area contributed by atoms with Gasteiger partial charge in [0.15, 0.2) is 5.82 Å². The lowest BCUT2D eigenvalue weighted by atomic mass is 9.96. The number of unbranched alkanes of at least 4 members (excludes halogenated alkanes) is 2. The van der Waals surface area contributed by atoms with Gasteiger partial charge >= 0.3 is 0 Å². The van der Waals surface area contributed by atoms with E-state index in [2.05, 4.69) is 27.3 Å². The van der Waals surface area contributed by atoms with Crippen LogP contribution in [0.3, 0.4) is 0 Å². The summed E-state index contributed by atoms with van der Waals surface area (Å²) in [6, 6.07) is 10.3. The van der Waals surface area contributed by atoms with E-state index in [-0.39, 0.29) is 17.6 Å². The van der Waals surface area contributed by atoms with Crippen molar-refractivity contribution in [3.05, 3.63) is 42.2 Å². The van der Waals surface area contributed by atoms with Gasteiger partial charge in [-0.1, -0.05) is 37.6 Å². The first-order chi connectivity index (χ1) is 13.7. The summed E-state index contributed by atoms with van der Waals surface area (Å²) in [6.45, 7) is 4.55. The zero-order valence-corrected chi connectivity index (χ0v) is 17.1. The molecular formula is C21H27FN4OS. The molecule has 1 aromatic carbocycles. The third-order valence-electron chi connectivity index (χ3n) is 4.91. The summed E-state index contributed by atoms with van der Waals surface area (Å²) < 4.78 is 13.3. The number of amides is 1. The van der Waals surface area contributed by atoms with Crippen LogP contribution in [0.25, 0.3) is 0 Å². The van der Waals surface area contributed by atoms with E-state index in [1.165, 1.54) is 23.9 Å². The van der Waals surface area contributed by atoms with Crippen LogP contribution < -0.4 is 10.2 Å². The fourth-order valence-corrected chi connectivity index (χ4v) is 4.07. The molecule has 0 spiro atoms. The first-order valence-electron chi connectivity index (χ1n) is 9.95. The van der Waals surface area contributed by atoms with Gasteiger partial charge in [0.25, 0.3) is 0 Å². The Morgan fingerprint density at radius 2 is 2.04 bits per heavy atom. The van der Waals surface area contributed by atoms with Gasteiger partial charge in [-0.2, -0.15) is 0 Å². The van der Waals surface area contributed by atoms with E-state index >= 15 is 0 Å².